The third-order valence-corrected chi connectivity index (χ3v) is 5.86. The molecule has 4 aromatic heterocycles. The van der Waals surface area contributed by atoms with Crippen molar-refractivity contribution in [3.05, 3.63) is 78.9 Å². The largest absolute Gasteiger partial charge is 0.467 e. The number of nitrogens with zero attached hydrogens (tertiary/aromatic N) is 6. The molecule has 5 rings (SSSR count). The summed E-state index contributed by atoms with van der Waals surface area (Å²) in [6.07, 6.45) is 3.40. The first-order chi connectivity index (χ1) is 14.4. The molecule has 0 amide bonds. The van der Waals surface area contributed by atoms with Gasteiger partial charge in [-0.1, -0.05) is 36.4 Å². The van der Waals surface area contributed by atoms with Crippen molar-refractivity contribution in [2.75, 3.05) is 0 Å². The first-order valence-corrected chi connectivity index (χ1v) is 10.4. The fourth-order valence-corrected chi connectivity index (χ4v) is 4.34. The molecule has 29 heavy (non-hydrogen) atoms. The predicted molar refractivity (Wildman–Crippen MR) is 111 cm³/mol. The van der Waals surface area contributed by atoms with Crippen LogP contribution in [0.3, 0.4) is 0 Å². The van der Waals surface area contributed by atoms with Crippen LogP contribution in [-0.4, -0.2) is 29.1 Å². The number of rotatable bonds is 6. The van der Waals surface area contributed by atoms with Crippen LogP contribution in [0.1, 0.15) is 5.76 Å². The number of furan rings is 1. The fourth-order valence-electron chi connectivity index (χ4n) is 2.78. The zero-order valence-corrected chi connectivity index (χ0v) is 16.7. The number of pyridine rings is 1. The molecule has 142 valence electrons. The van der Waals surface area contributed by atoms with Crippen molar-refractivity contribution in [3.63, 3.8) is 0 Å². The molecule has 0 saturated carbocycles. The molecule has 9 heteroatoms. The van der Waals surface area contributed by atoms with Crippen LogP contribution < -0.4 is 0 Å². The molecule has 1 aromatic carbocycles. The Hall–Kier alpha value is -3.30. The highest BCUT2D eigenvalue weighted by atomic mass is 32.2. The highest BCUT2D eigenvalue weighted by molar-refractivity contribution is 8.00. The van der Waals surface area contributed by atoms with Gasteiger partial charge in [0, 0.05) is 11.8 Å². The molecule has 5 aromatic rings. The van der Waals surface area contributed by atoms with E-state index in [-0.39, 0.29) is 0 Å². The molecule has 0 bridgehead atoms. The van der Waals surface area contributed by atoms with Crippen molar-refractivity contribution in [1.82, 2.24) is 29.1 Å². The number of hydrogen-bond acceptors (Lipinski definition) is 8. The summed E-state index contributed by atoms with van der Waals surface area (Å²) >= 11 is 2.77. The van der Waals surface area contributed by atoms with Gasteiger partial charge in [-0.15, -0.1) is 10.2 Å². The maximum atomic E-state index is 5.53. The Morgan fingerprint density at radius 2 is 1.86 bits per heavy atom. The van der Waals surface area contributed by atoms with Crippen molar-refractivity contribution >= 4 is 23.3 Å². The number of aromatic nitrogens is 6. The van der Waals surface area contributed by atoms with E-state index in [1.165, 1.54) is 23.3 Å². The minimum Gasteiger partial charge on any atom is -0.467 e. The Balaban J connectivity index is 1.48. The smallest absolute Gasteiger partial charge is 0.199 e. The van der Waals surface area contributed by atoms with E-state index < -0.39 is 0 Å². The first kappa shape index (κ1) is 17.8. The lowest BCUT2D eigenvalue weighted by Crippen LogP contribution is -2.04. The predicted octanol–water partition coefficient (Wildman–Crippen LogP) is 4.65. The second kappa shape index (κ2) is 7.98. The summed E-state index contributed by atoms with van der Waals surface area (Å²) < 4.78 is 12.8. The van der Waals surface area contributed by atoms with Crippen LogP contribution in [0.5, 0.6) is 0 Å². The third kappa shape index (κ3) is 3.82. The van der Waals surface area contributed by atoms with Crippen LogP contribution in [0.4, 0.5) is 0 Å². The summed E-state index contributed by atoms with van der Waals surface area (Å²) in [6.45, 7) is 0.499. The van der Waals surface area contributed by atoms with Gasteiger partial charge in [-0.25, -0.2) is 4.98 Å². The molecule has 0 aliphatic heterocycles. The normalized spacial score (nSPS) is 11.0. The zero-order valence-electron chi connectivity index (χ0n) is 15.0. The number of benzene rings is 1. The van der Waals surface area contributed by atoms with Gasteiger partial charge in [-0.05, 0) is 47.6 Å². The van der Waals surface area contributed by atoms with Gasteiger partial charge >= 0.3 is 0 Å². The van der Waals surface area contributed by atoms with Gasteiger partial charge < -0.3 is 4.42 Å². The van der Waals surface area contributed by atoms with E-state index in [2.05, 4.69) is 24.5 Å². The molecular formula is C20H14N6OS2. The lowest BCUT2D eigenvalue weighted by Gasteiger charge is -2.07. The summed E-state index contributed by atoms with van der Waals surface area (Å²) in [4.78, 5) is 9.06. The highest BCUT2D eigenvalue weighted by Crippen LogP contribution is 2.32. The Morgan fingerprint density at radius 1 is 0.966 bits per heavy atom. The van der Waals surface area contributed by atoms with Gasteiger partial charge in [0.15, 0.2) is 21.1 Å². The zero-order chi connectivity index (χ0) is 19.5. The average molecular weight is 419 g/mol. The maximum absolute atomic E-state index is 5.53. The van der Waals surface area contributed by atoms with E-state index in [0.29, 0.717) is 23.4 Å². The van der Waals surface area contributed by atoms with Crippen LogP contribution >= 0.6 is 23.3 Å². The SMILES string of the molecule is c1ccc(-c2nsc(Sc3nnc(-c4ccccn4)n3Cc3ccco3)n2)cc1. The second-order valence-corrected chi connectivity index (χ2v) is 8.00. The van der Waals surface area contributed by atoms with Crippen molar-refractivity contribution in [2.45, 2.75) is 16.0 Å². The molecular weight excluding hydrogens is 404 g/mol. The van der Waals surface area contributed by atoms with Gasteiger partial charge in [-0.2, -0.15) is 4.37 Å². The maximum Gasteiger partial charge on any atom is 0.199 e. The van der Waals surface area contributed by atoms with Crippen molar-refractivity contribution < 1.29 is 4.42 Å². The van der Waals surface area contributed by atoms with Gasteiger partial charge in [-0.3, -0.25) is 9.55 Å². The molecule has 0 aliphatic carbocycles. The van der Waals surface area contributed by atoms with Crippen molar-refractivity contribution in [1.29, 1.82) is 0 Å². The van der Waals surface area contributed by atoms with Crippen LogP contribution in [0.25, 0.3) is 22.9 Å². The van der Waals surface area contributed by atoms with Crippen LogP contribution in [0.15, 0.2) is 87.0 Å². The van der Waals surface area contributed by atoms with Crippen molar-refractivity contribution in [2.24, 2.45) is 0 Å². The molecule has 0 saturated heterocycles. The Labute approximate surface area is 174 Å². The Morgan fingerprint density at radius 3 is 2.66 bits per heavy atom. The van der Waals surface area contributed by atoms with Gasteiger partial charge in [0.05, 0.1) is 12.8 Å². The lowest BCUT2D eigenvalue weighted by atomic mass is 10.2. The van der Waals surface area contributed by atoms with E-state index in [1.54, 1.807) is 12.5 Å². The van der Waals surface area contributed by atoms with E-state index >= 15 is 0 Å². The van der Waals surface area contributed by atoms with Crippen molar-refractivity contribution in [3.8, 4) is 22.9 Å². The first-order valence-electron chi connectivity index (χ1n) is 8.81. The quantitative estimate of drug-likeness (QED) is 0.397. The minimum absolute atomic E-state index is 0.499. The molecule has 0 atom stereocenters. The summed E-state index contributed by atoms with van der Waals surface area (Å²) in [6, 6.07) is 19.4. The molecule has 4 heterocycles. The van der Waals surface area contributed by atoms with Gasteiger partial charge in [0.1, 0.15) is 11.5 Å². The summed E-state index contributed by atoms with van der Waals surface area (Å²) in [7, 11) is 0. The monoisotopic (exact) mass is 418 g/mol. The van der Waals surface area contributed by atoms with E-state index in [4.69, 9.17) is 4.42 Å². The molecule has 0 radical (unpaired) electrons. The average Bonchev–Trinajstić information content (AvgIpc) is 3.53. The second-order valence-electron chi connectivity index (χ2n) is 6.04. The van der Waals surface area contributed by atoms with E-state index in [0.717, 1.165) is 21.4 Å². The Bertz CT molecular complexity index is 1200. The number of hydrogen-bond donors (Lipinski definition) is 0. The molecule has 7 nitrogen and oxygen atoms in total. The summed E-state index contributed by atoms with van der Waals surface area (Å²) in [5.74, 6) is 2.20. The topological polar surface area (TPSA) is 82.5 Å². The molecule has 0 aliphatic rings. The molecule has 0 spiro atoms. The third-order valence-electron chi connectivity index (χ3n) is 4.12. The summed E-state index contributed by atoms with van der Waals surface area (Å²) in [5.41, 5.74) is 1.74. The Kier molecular flexibility index (Phi) is 4.89. The summed E-state index contributed by atoms with van der Waals surface area (Å²) in [5, 5.41) is 9.46. The molecule has 0 unspecified atom stereocenters. The van der Waals surface area contributed by atoms with Crippen LogP contribution in [-0.2, 0) is 6.54 Å². The lowest BCUT2D eigenvalue weighted by molar-refractivity contribution is 0.485. The van der Waals surface area contributed by atoms with E-state index in [1.807, 2.05) is 65.2 Å². The van der Waals surface area contributed by atoms with E-state index in [9.17, 15) is 0 Å². The standard InChI is InChI=1S/C20H14N6OS2/c1-2-7-14(8-3-1)17-22-20(29-25-17)28-19-24-23-18(16-10-4-5-11-21-16)26(19)13-15-9-6-12-27-15/h1-12H,13H2. The molecule has 0 fully saturated rings. The fraction of sp³-hybridized carbons (Fsp3) is 0.0500. The van der Waals surface area contributed by atoms with Crippen LogP contribution in [0.2, 0.25) is 0 Å². The minimum atomic E-state index is 0.499. The van der Waals surface area contributed by atoms with Gasteiger partial charge in [0.25, 0.3) is 0 Å². The highest BCUT2D eigenvalue weighted by Gasteiger charge is 2.19. The van der Waals surface area contributed by atoms with Crippen LogP contribution in [0, 0.1) is 0 Å². The van der Waals surface area contributed by atoms with Gasteiger partial charge in [0.2, 0.25) is 0 Å². The molecule has 0 N–H and O–H groups in total.